The van der Waals surface area contributed by atoms with E-state index in [-0.39, 0.29) is 6.61 Å². The Hall–Kier alpha value is -1.84. The van der Waals surface area contributed by atoms with E-state index in [0.29, 0.717) is 10.7 Å². The van der Waals surface area contributed by atoms with Crippen LogP contribution in [-0.2, 0) is 6.61 Å². The predicted molar refractivity (Wildman–Crippen MR) is 71.6 cm³/mol. The van der Waals surface area contributed by atoms with Gasteiger partial charge in [0.25, 0.3) is 0 Å². The van der Waals surface area contributed by atoms with Gasteiger partial charge in [0.2, 0.25) is 0 Å². The third-order valence-corrected chi connectivity index (χ3v) is 3.19. The van der Waals surface area contributed by atoms with E-state index in [4.69, 9.17) is 11.6 Å². The number of benzene rings is 1. The van der Waals surface area contributed by atoms with Gasteiger partial charge in [0, 0.05) is 11.8 Å². The third kappa shape index (κ3) is 1.68. The molecule has 0 radical (unpaired) electrons. The van der Waals surface area contributed by atoms with Crippen molar-refractivity contribution >= 4 is 17.2 Å². The summed E-state index contributed by atoms with van der Waals surface area (Å²) >= 11 is 6.12. The zero-order valence-corrected chi connectivity index (χ0v) is 10.3. The van der Waals surface area contributed by atoms with E-state index in [2.05, 4.69) is 4.98 Å². The van der Waals surface area contributed by atoms with Crippen molar-refractivity contribution in [2.45, 2.75) is 6.61 Å². The molecule has 3 aromatic rings. The Balaban J connectivity index is 2.33. The summed E-state index contributed by atoms with van der Waals surface area (Å²) in [6, 6.07) is 13.4. The number of nitrogens with zero attached hydrogens (tertiary/aromatic N) is 2. The van der Waals surface area contributed by atoms with Gasteiger partial charge >= 0.3 is 0 Å². The summed E-state index contributed by atoms with van der Waals surface area (Å²) in [6.45, 7) is -0.0776. The highest BCUT2D eigenvalue weighted by Gasteiger charge is 2.14. The lowest BCUT2D eigenvalue weighted by atomic mass is 10.1. The van der Waals surface area contributed by atoms with Gasteiger partial charge < -0.3 is 5.11 Å². The predicted octanol–water partition coefficient (Wildman–Crippen LogP) is 3.15. The Labute approximate surface area is 109 Å². The Morgan fingerprint density at radius 3 is 2.61 bits per heavy atom. The first-order chi connectivity index (χ1) is 8.81. The first-order valence-electron chi connectivity index (χ1n) is 5.63. The zero-order chi connectivity index (χ0) is 12.5. The molecule has 1 aromatic carbocycles. The molecule has 0 aliphatic carbocycles. The molecule has 0 amide bonds. The summed E-state index contributed by atoms with van der Waals surface area (Å²) in [5, 5.41) is 10.1. The summed E-state index contributed by atoms with van der Waals surface area (Å²) in [4.78, 5) is 4.52. The Morgan fingerprint density at radius 2 is 1.89 bits per heavy atom. The Morgan fingerprint density at radius 1 is 1.11 bits per heavy atom. The SMILES string of the molecule is OCc1c(-c2ccccc2)nc2c(Cl)cccn12. The minimum atomic E-state index is -0.0776. The molecule has 2 heterocycles. The molecule has 0 unspecified atom stereocenters. The van der Waals surface area contributed by atoms with Crippen LogP contribution in [-0.4, -0.2) is 14.5 Å². The number of aromatic nitrogens is 2. The average molecular weight is 259 g/mol. The van der Waals surface area contributed by atoms with Crippen LogP contribution in [0.2, 0.25) is 5.02 Å². The second kappa shape index (κ2) is 4.44. The van der Waals surface area contributed by atoms with Crippen molar-refractivity contribution in [3.63, 3.8) is 0 Å². The number of hydrogen-bond acceptors (Lipinski definition) is 2. The van der Waals surface area contributed by atoms with Crippen molar-refractivity contribution in [3.8, 4) is 11.3 Å². The molecule has 0 saturated carbocycles. The van der Waals surface area contributed by atoms with Crippen LogP contribution in [0.5, 0.6) is 0 Å². The standard InChI is InChI=1S/C14H11ClN2O/c15-11-7-4-8-17-12(9-18)13(16-14(11)17)10-5-2-1-3-6-10/h1-8,18H,9H2. The second-order valence-corrected chi connectivity index (χ2v) is 4.39. The molecule has 18 heavy (non-hydrogen) atoms. The number of imidazole rings is 1. The van der Waals surface area contributed by atoms with Crippen LogP contribution in [0.1, 0.15) is 5.69 Å². The second-order valence-electron chi connectivity index (χ2n) is 3.98. The highest BCUT2D eigenvalue weighted by molar-refractivity contribution is 6.33. The molecule has 0 atom stereocenters. The fourth-order valence-electron chi connectivity index (χ4n) is 2.06. The minimum absolute atomic E-state index is 0.0776. The van der Waals surface area contributed by atoms with E-state index in [1.54, 1.807) is 6.07 Å². The zero-order valence-electron chi connectivity index (χ0n) is 9.55. The summed E-state index contributed by atoms with van der Waals surface area (Å²) in [7, 11) is 0. The number of fused-ring (bicyclic) bond motifs is 1. The molecule has 0 fully saturated rings. The third-order valence-electron chi connectivity index (χ3n) is 2.90. The molecule has 0 spiro atoms. The van der Waals surface area contributed by atoms with Crippen LogP contribution in [0.4, 0.5) is 0 Å². The average Bonchev–Trinajstić information content (AvgIpc) is 2.80. The maximum Gasteiger partial charge on any atom is 0.156 e. The largest absolute Gasteiger partial charge is 0.390 e. The highest BCUT2D eigenvalue weighted by atomic mass is 35.5. The first kappa shape index (κ1) is 11.3. The van der Waals surface area contributed by atoms with Crippen molar-refractivity contribution in [2.24, 2.45) is 0 Å². The van der Waals surface area contributed by atoms with E-state index in [0.717, 1.165) is 17.0 Å². The molecule has 2 aromatic heterocycles. The number of halogens is 1. The van der Waals surface area contributed by atoms with E-state index in [1.807, 2.05) is 47.0 Å². The minimum Gasteiger partial charge on any atom is -0.390 e. The van der Waals surface area contributed by atoms with E-state index in [9.17, 15) is 5.11 Å². The molecule has 0 saturated heterocycles. The summed E-state index contributed by atoms with van der Waals surface area (Å²) in [6.07, 6.45) is 1.85. The van der Waals surface area contributed by atoms with E-state index in [1.165, 1.54) is 0 Å². The van der Waals surface area contributed by atoms with Gasteiger partial charge in [-0.2, -0.15) is 0 Å². The fourth-order valence-corrected chi connectivity index (χ4v) is 2.27. The molecule has 1 N–H and O–H groups in total. The quantitative estimate of drug-likeness (QED) is 0.767. The summed E-state index contributed by atoms with van der Waals surface area (Å²) < 4.78 is 1.82. The normalized spacial score (nSPS) is 11.0. The fraction of sp³-hybridized carbons (Fsp3) is 0.0714. The van der Waals surface area contributed by atoms with Crippen molar-refractivity contribution < 1.29 is 5.11 Å². The van der Waals surface area contributed by atoms with Gasteiger partial charge in [-0.1, -0.05) is 41.9 Å². The molecular weight excluding hydrogens is 248 g/mol. The molecule has 3 nitrogen and oxygen atoms in total. The maximum absolute atomic E-state index is 9.55. The van der Waals surface area contributed by atoms with Gasteiger partial charge in [-0.05, 0) is 12.1 Å². The lowest BCUT2D eigenvalue weighted by molar-refractivity contribution is 0.276. The number of hydrogen-bond donors (Lipinski definition) is 1. The van der Waals surface area contributed by atoms with E-state index >= 15 is 0 Å². The highest BCUT2D eigenvalue weighted by Crippen LogP contribution is 2.27. The topological polar surface area (TPSA) is 37.5 Å². The molecule has 90 valence electrons. The molecule has 4 heteroatoms. The van der Waals surface area contributed by atoms with Crippen LogP contribution in [0, 0.1) is 0 Å². The molecule has 3 rings (SSSR count). The van der Waals surface area contributed by atoms with Crippen molar-refractivity contribution in [1.82, 2.24) is 9.38 Å². The number of aliphatic hydroxyl groups is 1. The number of pyridine rings is 1. The van der Waals surface area contributed by atoms with Gasteiger partial charge in [-0.25, -0.2) is 4.98 Å². The van der Waals surface area contributed by atoms with Gasteiger partial charge in [0.1, 0.15) is 0 Å². The van der Waals surface area contributed by atoms with Crippen LogP contribution in [0.3, 0.4) is 0 Å². The van der Waals surface area contributed by atoms with Crippen LogP contribution in [0.25, 0.3) is 16.9 Å². The van der Waals surface area contributed by atoms with Gasteiger partial charge in [0.05, 0.1) is 23.0 Å². The molecular formula is C14H11ClN2O. The monoisotopic (exact) mass is 258 g/mol. The first-order valence-corrected chi connectivity index (χ1v) is 6.01. The van der Waals surface area contributed by atoms with Crippen molar-refractivity contribution in [3.05, 3.63) is 59.4 Å². The van der Waals surface area contributed by atoms with Crippen LogP contribution < -0.4 is 0 Å². The Kier molecular flexibility index (Phi) is 2.78. The lowest BCUT2D eigenvalue weighted by Crippen LogP contribution is -1.93. The maximum atomic E-state index is 9.55. The molecule has 0 bridgehead atoms. The van der Waals surface area contributed by atoms with E-state index < -0.39 is 0 Å². The smallest absolute Gasteiger partial charge is 0.156 e. The summed E-state index contributed by atoms with van der Waals surface area (Å²) in [5.74, 6) is 0. The lowest BCUT2D eigenvalue weighted by Gasteiger charge is -2.01. The van der Waals surface area contributed by atoms with Gasteiger partial charge in [-0.15, -0.1) is 0 Å². The van der Waals surface area contributed by atoms with Gasteiger partial charge in [0.15, 0.2) is 5.65 Å². The number of rotatable bonds is 2. The molecule has 0 aliphatic rings. The Bertz CT molecular complexity index is 692. The van der Waals surface area contributed by atoms with Crippen LogP contribution in [0.15, 0.2) is 48.7 Å². The summed E-state index contributed by atoms with van der Waals surface area (Å²) in [5.41, 5.74) is 3.16. The van der Waals surface area contributed by atoms with Crippen LogP contribution >= 0.6 is 11.6 Å². The van der Waals surface area contributed by atoms with Gasteiger partial charge in [-0.3, -0.25) is 4.40 Å². The van der Waals surface area contributed by atoms with Crippen molar-refractivity contribution in [2.75, 3.05) is 0 Å². The molecule has 0 aliphatic heterocycles. The van der Waals surface area contributed by atoms with Crippen molar-refractivity contribution in [1.29, 1.82) is 0 Å². The number of aliphatic hydroxyl groups excluding tert-OH is 1.